The number of para-hydroxylation sites is 1. The van der Waals surface area contributed by atoms with Gasteiger partial charge in [-0.2, -0.15) is 5.10 Å². The highest BCUT2D eigenvalue weighted by Crippen LogP contribution is 2.18. The summed E-state index contributed by atoms with van der Waals surface area (Å²) in [6.07, 6.45) is 1.22. The number of nitrogens with zero attached hydrogens (tertiary/aromatic N) is 1. The Morgan fingerprint density at radius 3 is 2.32 bits per heavy atom. The molecule has 4 nitrogen and oxygen atoms in total. The SMILES string of the molecule is Cc1cccc(C)c1NC(=S)NN=CC(=O)c1ccccc1. The third-order valence-corrected chi connectivity index (χ3v) is 3.32. The Bertz CT molecular complexity index is 691. The maximum absolute atomic E-state index is 11.8. The summed E-state index contributed by atoms with van der Waals surface area (Å²) in [4.78, 5) is 11.8. The van der Waals surface area contributed by atoms with Gasteiger partial charge in [-0.25, -0.2) is 0 Å². The second kappa shape index (κ2) is 7.47. The molecule has 0 fully saturated rings. The molecule has 0 heterocycles. The van der Waals surface area contributed by atoms with Crippen LogP contribution in [0.15, 0.2) is 53.6 Å². The average Bonchev–Trinajstić information content (AvgIpc) is 2.52. The van der Waals surface area contributed by atoms with Crippen LogP contribution in [-0.4, -0.2) is 17.1 Å². The van der Waals surface area contributed by atoms with Crippen molar-refractivity contribution in [3.63, 3.8) is 0 Å². The van der Waals surface area contributed by atoms with Crippen LogP contribution in [0.4, 0.5) is 5.69 Å². The van der Waals surface area contributed by atoms with Crippen molar-refractivity contribution in [2.45, 2.75) is 13.8 Å². The molecular weight excluding hydrogens is 294 g/mol. The Balaban J connectivity index is 1.93. The van der Waals surface area contributed by atoms with Crippen molar-refractivity contribution >= 4 is 35.0 Å². The third kappa shape index (κ3) is 4.23. The number of benzene rings is 2. The highest BCUT2D eigenvalue weighted by Gasteiger charge is 2.04. The molecule has 2 rings (SSSR count). The summed E-state index contributed by atoms with van der Waals surface area (Å²) in [5.41, 5.74) is 6.37. The summed E-state index contributed by atoms with van der Waals surface area (Å²) in [6, 6.07) is 14.9. The normalized spacial score (nSPS) is 10.5. The van der Waals surface area contributed by atoms with Gasteiger partial charge in [-0.15, -0.1) is 0 Å². The monoisotopic (exact) mass is 311 g/mol. The van der Waals surface area contributed by atoms with E-state index in [2.05, 4.69) is 15.8 Å². The summed E-state index contributed by atoms with van der Waals surface area (Å²) in [5.74, 6) is -0.178. The van der Waals surface area contributed by atoms with Crippen molar-refractivity contribution in [1.82, 2.24) is 5.43 Å². The standard InChI is InChI=1S/C17H17N3OS/c1-12-7-6-8-13(2)16(12)19-17(22)20-18-11-15(21)14-9-4-3-5-10-14/h3-11H,1-2H3,(H2,19,20,22). The zero-order valence-electron chi connectivity index (χ0n) is 12.5. The number of hydrogen-bond acceptors (Lipinski definition) is 3. The number of rotatable bonds is 4. The number of Topliss-reactive ketones (excluding diaryl/α,β-unsaturated/α-hetero) is 1. The summed E-state index contributed by atoms with van der Waals surface area (Å²) >= 11 is 5.18. The highest BCUT2D eigenvalue weighted by atomic mass is 32.1. The van der Waals surface area contributed by atoms with Crippen molar-refractivity contribution in [1.29, 1.82) is 0 Å². The molecule has 2 N–H and O–H groups in total. The van der Waals surface area contributed by atoms with Gasteiger partial charge in [-0.1, -0.05) is 48.5 Å². The first-order valence-electron chi connectivity index (χ1n) is 6.83. The van der Waals surface area contributed by atoms with Crippen molar-refractivity contribution < 1.29 is 4.79 Å². The van der Waals surface area contributed by atoms with Crippen LogP contribution >= 0.6 is 12.2 Å². The summed E-state index contributed by atoms with van der Waals surface area (Å²) in [5, 5.41) is 7.30. The van der Waals surface area contributed by atoms with Crippen molar-refractivity contribution in [2.24, 2.45) is 5.10 Å². The molecule has 22 heavy (non-hydrogen) atoms. The summed E-state index contributed by atoms with van der Waals surface area (Å²) in [7, 11) is 0. The molecule has 112 valence electrons. The van der Waals surface area contributed by atoms with E-state index in [1.807, 2.05) is 50.2 Å². The molecule has 2 aromatic rings. The first-order valence-corrected chi connectivity index (χ1v) is 7.24. The first-order chi connectivity index (χ1) is 10.6. The first kappa shape index (κ1) is 15.9. The third-order valence-electron chi connectivity index (χ3n) is 3.13. The highest BCUT2D eigenvalue weighted by molar-refractivity contribution is 7.80. The van der Waals surface area contributed by atoms with E-state index in [1.54, 1.807) is 12.1 Å². The van der Waals surface area contributed by atoms with Crippen LogP contribution in [0.5, 0.6) is 0 Å². The maximum Gasteiger partial charge on any atom is 0.205 e. The van der Waals surface area contributed by atoms with Gasteiger partial charge in [-0.3, -0.25) is 10.2 Å². The van der Waals surface area contributed by atoms with E-state index in [-0.39, 0.29) is 5.78 Å². The minimum absolute atomic E-state index is 0.178. The molecule has 0 aliphatic heterocycles. The Morgan fingerprint density at radius 1 is 1.05 bits per heavy atom. The number of aryl methyl sites for hydroxylation is 2. The average molecular weight is 311 g/mol. The van der Waals surface area contributed by atoms with Gasteiger partial charge in [0.1, 0.15) is 0 Å². The number of hydrogen-bond donors (Lipinski definition) is 2. The Hall–Kier alpha value is -2.53. The van der Waals surface area contributed by atoms with E-state index in [0.717, 1.165) is 16.8 Å². The van der Waals surface area contributed by atoms with Crippen molar-refractivity contribution in [2.75, 3.05) is 5.32 Å². The molecule has 0 saturated carbocycles. The molecule has 0 aliphatic rings. The summed E-state index contributed by atoms with van der Waals surface area (Å²) in [6.45, 7) is 4.00. The van der Waals surface area contributed by atoms with E-state index in [1.165, 1.54) is 6.21 Å². The van der Waals surface area contributed by atoms with Gasteiger partial charge in [0.2, 0.25) is 5.78 Å². The minimum atomic E-state index is -0.178. The fraction of sp³-hybridized carbons (Fsp3) is 0.118. The van der Waals surface area contributed by atoms with Crippen LogP contribution in [0.25, 0.3) is 0 Å². The predicted molar refractivity (Wildman–Crippen MR) is 94.5 cm³/mol. The van der Waals surface area contributed by atoms with E-state index >= 15 is 0 Å². The number of hydrazone groups is 1. The molecule has 2 aromatic carbocycles. The predicted octanol–water partition coefficient (Wildman–Crippen LogP) is 3.46. The lowest BCUT2D eigenvalue weighted by molar-refractivity contribution is 0.107. The molecule has 0 spiro atoms. The second-order valence-electron chi connectivity index (χ2n) is 4.82. The van der Waals surface area contributed by atoms with Gasteiger partial charge < -0.3 is 5.32 Å². The molecular formula is C17H17N3OS. The van der Waals surface area contributed by atoms with Crippen molar-refractivity contribution in [3.05, 3.63) is 65.2 Å². The number of anilines is 1. The topological polar surface area (TPSA) is 53.5 Å². The molecule has 0 aromatic heterocycles. The van der Waals surface area contributed by atoms with Crippen LogP contribution in [0.2, 0.25) is 0 Å². The van der Waals surface area contributed by atoms with Gasteiger partial charge in [0.25, 0.3) is 0 Å². The van der Waals surface area contributed by atoms with Crippen LogP contribution in [0.3, 0.4) is 0 Å². The lowest BCUT2D eigenvalue weighted by atomic mass is 10.1. The van der Waals surface area contributed by atoms with Crippen molar-refractivity contribution in [3.8, 4) is 0 Å². The van der Waals surface area contributed by atoms with Crippen LogP contribution in [0, 0.1) is 13.8 Å². The fourth-order valence-electron chi connectivity index (χ4n) is 1.98. The van der Waals surface area contributed by atoms with Gasteiger partial charge in [0.15, 0.2) is 5.11 Å². The zero-order valence-corrected chi connectivity index (χ0v) is 13.3. The van der Waals surface area contributed by atoms with Gasteiger partial charge >= 0.3 is 0 Å². The van der Waals surface area contributed by atoms with E-state index in [9.17, 15) is 4.79 Å². The summed E-state index contributed by atoms with van der Waals surface area (Å²) < 4.78 is 0. The number of ketones is 1. The lowest BCUT2D eigenvalue weighted by Gasteiger charge is -2.12. The fourth-order valence-corrected chi connectivity index (χ4v) is 2.13. The Morgan fingerprint density at radius 2 is 1.68 bits per heavy atom. The number of carbonyl (C=O) groups is 1. The largest absolute Gasteiger partial charge is 0.331 e. The Labute approximate surface area is 135 Å². The van der Waals surface area contributed by atoms with E-state index < -0.39 is 0 Å². The molecule has 0 amide bonds. The van der Waals surface area contributed by atoms with Gasteiger partial charge in [-0.05, 0) is 37.2 Å². The molecule has 0 bridgehead atoms. The van der Waals surface area contributed by atoms with E-state index in [0.29, 0.717) is 10.7 Å². The number of nitrogens with one attached hydrogen (secondary N) is 2. The van der Waals surface area contributed by atoms with Crippen LogP contribution in [0.1, 0.15) is 21.5 Å². The maximum atomic E-state index is 11.8. The number of carbonyl (C=O) groups excluding carboxylic acids is 1. The minimum Gasteiger partial charge on any atom is -0.331 e. The van der Waals surface area contributed by atoms with Gasteiger partial charge in [0, 0.05) is 11.3 Å². The lowest BCUT2D eigenvalue weighted by Crippen LogP contribution is -2.25. The van der Waals surface area contributed by atoms with Crippen LogP contribution < -0.4 is 10.7 Å². The number of thiocarbonyl (C=S) groups is 1. The quantitative estimate of drug-likeness (QED) is 0.393. The molecule has 0 atom stereocenters. The molecule has 0 radical (unpaired) electrons. The van der Waals surface area contributed by atoms with Crippen LogP contribution in [-0.2, 0) is 0 Å². The molecule has 0 aliphatic carbocycles. The molecule has 0 unspecified atom stereocenters. The zero-order chi connectivity index (χ0) is 15.9. The second-order valence-corrected chi connectivity index (χ2v) is 5.23. The van der Waals surface area contributed by atoms with E-state index in [4.69, 9.17) is 12.2 Å². The Kier molecular flexibility index (Phi) is 5.38. The van der Waals surface area contributed by atoms with Gasteiger partial charge in [0.05, 0.1) is 6.21 Å². The smallest absolute Gasteiger partial charge is 0.205 e. The molecule has 0 saturated heterocycles. The molecule has 5 heteroatoms.